The van der Waals surface area contributed by atoms with Crippen molar-refractivity contribution in [3.63, 3.8) is 0 Å². The molecule has 0 aliphatic carbocycles. The summed E-state index contributed by atoms with van der Waals surface area (Å²) >= 11 is 0. The molecule has 0 saturated carbocycles. The zero-order valence-electron chi connectivity index (χ0n) is 9.56. The summed E-state index contributed by atoms with van der Waals surface area (Å²) in [4.78, 5) is 2.64. The molecular formula is C11H24N2. The molecule has 2 nitrogen and oxygen atoms in total. The molecule has 0 aromatic rings. The maximum absolute atomic E-state index is 3.61. The second-order valence-corrected chi connectivity index (χ2v) is 4.80. The fourth-order valence-electron chi connectivity index (χ4n) is 2.17. The Hall–Kier alpha value is -0.0800. The van der Waals surface area contributed by atoms with Crippen molar-refractivity contribution in [2.75, 3.05) is 19.6 Å². The van der Waals surface area contributed by atoms with Crippen LogP contribution >= 0.6 is 0 Å². The summed E-state index contributed by atoms with van der Waals surface area (Å²) in [6.07, 6.45) is 2.54. The van der Waals surface area contributed by atoms with Crippen LogP contribution in [0.4, 0.5) is 0 Å². The van der Waals surface area contributed by atoms with Gasteiger partial charge in [-0.2, -0.15) is 0 Å². The molecule has 0 amide bonds. The van der Waals surface area contributed by atoms with Gasteiger partial charge in [-0.3, -0.25) is 4.90 Å². The molecule has 0 bridgehead atoms. The predicted octanol–water partition coefficient (Wildman–Crippen LogP) is 1.86. The Labute approximate surface area is 82.7 Å². The van der Waals surface area contributed by atoms with Crippen LogP contribution in [-0.2, 0) is 0 Å². The summed E-state index contributed by atoms with van der Waals surface area (Å²) in [7, 11) is 0. The van der Waals surface area contributed by atoms with Crippen molar-refractivity contribution in [2.45, 2.75) is 52.1 Å². The minimum Gasteiger partial charge on any atom is -0.309 e. The van der Waals surface area contributed by atoms with Gasteiger partial charge in [-0.1, -0.05) is 13.8 Å². The average molecular weight is 184 g/mol. The minimum atomic E-state index is 0.306. The smallest absolute Gasteiger partial charge is 0.0252 e. The zero-order chi connectivity index (χ0) is 9.90. The molecule has 1 saturated heterocycles. The van der Waals surface area contributed by atoms with Crippen LogP contribution < -0.4 is 5.32 Å². The molecule has 0 spiro atoms. The SMILES string of the molecule is CCCN1CC(C)(C)NCC1CC. The molecule has 1 rings (SSSR count). The summed E-state index contributed by atoms with van der Waals surface area (Å²) in [5, 5.41) is 3.61. The third kappa shape index (κ3) is 2.96. The van der Waals surface area contributed by atoms with E-state index in [-0.39, 0.29) is 0 Å². The van der Waals surface area contributed by atoms with E-state index in [0.717, 1.165) is 12.6 Å². The lowest BCUT2D eigenvalue weighted by atomic mass is 9.97. The van der Waals surface area contributed by atoms with Crippen LogP contribution in [0.1, 0.15) is 40.5 Å². The molecule has 1 N–H and O–H groups in total. The first-order valence-corrected chi connectivity index (χ1v) is 5.58. The van der Waals surface area contributed by atoms with E-state index in [1.54, 1.807) is 0 Å². The lowest BCUT2D eigenvalue weighted by Crippen LogP contribution is -2.61. The van der Waals surface area contributed by atoms with Crippen molar-refractivity contribution in [3.05, 3.63) is 0 Å². The maximum Gasteiger partial charge on any atom is 0.0252 e. The van der Waals surface area contributed by atoms with Gasteiger partial charge in [0, 0.05) is 24.7 Å². The standard InChI is InChI=1S/C11H24N2/c1-5-7-13-9-11(3,4)12-8-10(13)6-2/h10,12H,5-9H2,1-4H3. The molecular weight excluding hydrogens is 160 g/mol. The Bertz CT molecular complexity index is 154. The third-order valence-corrected chi connectivity index (χ3v) is 2.91. The Balaban J connectivity index is 2.52. The Kier molecular flexibility index (Phi) is 3.74. The molecule has 78 valence electrons. The van der Waals surface area contributed by atoms with Crippen LogP contribution in [0.15, 0.2) is 0 Å². The lowest BCUT2D eigenvalue weighted by Gasteiger charge is -2.44. The highest BCUT2D eigenvalue weighted by Crippen LogP contribution is 2.16. The normalized spacial score (nSPS) is 29.1. The molecule has 1 heterocycles. The number of piperazine rings is 1. The van der Waals surface area contributed by atoms with E-state index in [1.165, 1.54) is 25.9 Å². The van der Waals surface area contributed by atoms with Gasteiger partial charge in [0.1, 0.15) is 0 Å². The average Bonchev–Trinajstić information content (AvgIpc) is 2.04. The summed E-state index contributed by atoms with van der Waals surface area (Å²) in [6.45, 7) is 12.7. The van der Waals surface area contributed by atoms with Crippen molar-refractivity contribution in [1.82, 2.24) is 10.2 Å². The topological polar surface area (TPSA) is 15.3 Å². The summed E-state index contributed by atoms with van der Waals surface area (Å²) in [5.74, 6) is 0. The number of hydrogen-bond donors (Lipinski definition) is 1. The van der Waals surface area contributed by atoms with Gasteiger partial charge in [0.05, 0.1) is 0 Å². The van der Waals surface area contributed by atoms with E-state index in [0.29, 0.717) is 5.54 Å². The van der Waals surface area contributed by atoms with E-state index >= 15 is 0 Å². The number of nitrogens with zero attached hydrogens (tertiary/aromatic N) is 1. The van der Waals surface area contributed by atoms with E-state index in [2.05, 4.69) is 37.9 Å². The van der Waals surface area contributed by atoms with Gasteiger partial charge >= 0.3 is 0 Å². The largest absolute Gasteiger partial charge is 0.309 e. The molecule has 13 heavy (non-hydrogen) atoms. The molecule has 1 fully saturated rings. The first kappa shape index (κ1) is 11.0. The summed E-state index contributed by atoms with van der Waals surface area (Å²) < 4.78 is 0. The molecule has 1 aliphatic heterocycles. The molecule has 1 aliphatic rings. The molecule has 0 radical (unpaired) electrons. The van der Waals surface area contributed by atoms with Crippen molar-refractivity contribution in [1.29, 1.82) is 0 Å². The fraction of sp³-hybridized carbons (Fsp3) is 1.00. The highest BCUT2D eigenvalue weighted by molar-refractivity contribution is 4.91. The van der Waals surface area contributed by atoms with Gasteiger partial charge in [-0.05, 0) is 33.2 Å². The number of hydrogen-bond acceptors (Lipinski definition) is 2. The Morgan fingerprint density at radius 1 is 1.38 bits per heavy atom. The highest BCUT2D eigenvalue weighted by atomic mass is 15.2. The van der Waals surface area contributed by atoms with E-state index in [4.69, 9.17) is 0 Å². The van der Waals surface area contributed by atoms with Crippen LogP contribution in [0.3, 0.4) is 0 Å². The van der Waals surface area contributed by atoms with Gasteiger partial charge in [0.25, 0.3) is 0 Å². The number of nitrogens with one attached hydrogen (secondary N) is 1. The summed E-state index contributed by atoms with van der Waals surface area (Å²) in [5.41, 5.74) is 0.306. The maximum atomic E-state index is 3.61. The quantitative estimate of drug-likeness (QED) is 0.720. The second kappa shape index (κ2) is 4.43. The second-order valence-electron chi connectivity index (χ2n) is 4.80. The first-order valence-electron chi connectivity index (χ1n) is 5.58. The van der Waals surface area contributed by atoms with Crippen molar-refractivity contribution in [3.8, 4) is 0 Å². The first-order chi connectivity index (χ1) is 6.09. The Morgan fingerprint density at radius 3 is 2.62 bits per heavy atom. The van der Waals surface area contributed by atoms with Crippen LogP contribution in [0, 0.1) is 0 Å². The highest BCUT2D eigenvalue weighted by Gasteiger charge is 2.30. The van der Waals surface area contributed by atoms with E-state index < -0.39 is 0 Å². The van der Waals surface area contributed by atoms with Crippen molar-refractivity contribution < 1.29 is 0 Å². The van der Waals surface area contributed by atoms with Gasteiger partial charge in [0.15, 0.2) is 0 Å². The fourth-order valence-corrected chi connectivity index (χ4v) is 2.17. The summed E-state index contributed by atoms with van der Waals surface area (Å²) in [6, 6.07) is 0.757. The van der Waals surface area contributed by atoms with E-state index in [9.17, 15) is 0 Å². The molecule has 1 unspecified atom stereocenters. The van der Waals surface area contributed by atoms with Crippen LogP contribution in [0.2, 0.25) is 0 Å². The van der Waals surface area contributed by atoms with E-state index in [1.807, 2.05) is 0 Å². The number of rotatable bonds is 3. The van der Waals surface area contributed by atoms with Crippen molar-refractivity contribution >= 4 is 0 Å². The monoisotopic (exact) mass is 184 g/mol. The van der Waals surface area contributed by atoms with Gasteiger partial charge in [-0.15, -0.1) is 0 Å². The zero-order valence-corrected chi connectivity index (χ0v) is 9.56. The van der Waals surface area contributed by atoms with Crippen LogP contribution in [0.5, 0.6) is 0 Å². The molecule has 0 aromatic heterocycles. The van der Waals surface area contributed by atoms with Gasteiger partial charge in [-0.25, -0.2) is 0 Å². The molecule has 2 heteroatoms. The van der Waals surface area contributed by atoms with Gasteiger partial charge in [0.2, 0.25) is 0 Å². The molecule has 0 aromatic carbocycles. The molecule has 1 atom stereocenters. The van der Waals surface area contributed by atoms with Crippen molar-refractivity contribution in [2.24, 2.45) is 0 Å². The minimum absolute atomic E-state index is 0.306. The van der Waals surface area contributed by atoms with Crippen LogP contribution in [0.25, 0.3) is 0 Å². The Morgan fingerprint density at radius 2 is 2.08 bits per heavy atom. The van der Waals surface area contributed by atoms with Gasteiger partial charge < -0.3 is 5.32 Å². The third-order valence-electron chi connectivity index (χ3n) is 2.91. The van der Waals surface area contributed by atoms with Crippen LogP contribution in [-0.4, -0.2) is 36.1 Å². The lowest BCUT2D eigenvalue weighted by molar-refractivity contribution is 0.0929. The predicted molar refractivity (Wildman–Crippen MR) is 58.0 cm³/mol.